The number of carbonyl (C=O) groups is 1. The van der Waals surface area contributed by atoms with Crippen LogP contribution in [0, 0.1) is 0 Å². The minimum atomic E-state index is -4.67. The van der Waals surface area contributed by atoms with Crippen LogP contribution >= 0.6 is 23.2 Å². The first-order chi connectivity index (χ1) is 12.4. The van der Waals surface area contributed by atoms with E-state index in [0.29, 0.717) is 4.31 Å². The van der Waals surface area contributed by atoms with Crippen LogP contribution in [-0.4, -0.2) is 32.2 Å². The number of hydrogen-bond acceptors (Lipinski definition) is 3. The predicted molar refractivity (Wildman–Crippen MR) is 96.4 cm³/mol. The number of alkyl halides is 3. The van der Waals surface area contributed by atoms with Gasteiger partial charge in [-0.2, -0.15) is 17.5 Å². The summed E-state index contributed by atoms with van der Waals surface area (Å²) in [7, 11) is -3.09. The first-order valence-corrected chi connectivity index (χ1v) is 9.50. The van der Waals surface area contributed by atoms with Crippen LogP contribution in [-0.2, 0) is 21.0 Å². The molecule has 0 bridgehead atoms. The lowest BCUT2D eigenvalue weighted by Crippen LogP contribution is -2.35. The van der Waals surface area contributed by atoms with Gasteiger partial charge in [0.2, 0.25) is 15.9 Å². The minimum absolute atomic E-state index is 0.103. The average Bonchev–Trinajstić information content (AvgIpc) is 2.56. The quantitative estimate of drug-likeness (QED) is 0.754. The lowest BCUT2D eigenvalue weighted by atomic mass is 10.1. The molecule has 0 atom stereocenters. The summed E-state index contributed by atoms with van der Waals surface area (Å²) in [5, 5.41) is 2.09. The van der Waals surface area contributed by atoms with E-state index in [4.69, 9.17) is 23.2 Å². The molecule has 2 aromatic rings. The van der Waals surface area contributed by atoms with Gasteiger partial charge in [-0.15, -0.1) is 0 Å². The van der Waals surface area contributed by atoms with E-state index >= 15 is 0 Å². The fourth-order valence-corrected chi connectivity index (χ4v) is 4.02. The molecule has 27 heavy (non-hydrogen) atoms. The van der Waals surface area contributed by atoms with Crippen molar-refractivity contribution in [3.05, 3.63) is 58.1 Å². The van der Waals surface area contributed by atoms with Crippen LogP contribution < -0.4 is 5.32 Å². The summed E-state index contributed by atoms with van der Waals surface area (Å²) < 4.78 is 64.7. The normalized spacial score (nSPS) is 12.3. The molecular formula is C16H13Cl2F3N2O3S. The molecule has 11 heteroatoms. The smallest absolute Gasteiger partial charge is 0.324 e. The molecule has 1 N–H and O–H groups in total. The Morgan fingerprint density at radius 1 is 1.15 bits per heavy atom. The summed E-state index contributed by atoms with van der Waals surface area (Å²) >= 11 is 11.6. The van der Waals surface area contributed by atoms with Gasteiger partial charge in [-0.3, -0.25) is 4.79 Å². The van der Waals surface area contributed by atoms with Crippen molar-refractivity contribution >= 4 is 44.8 Å². The number of halogens is 5. The molecule has 146 valence electrons. The summed E-state index contributed by atoms with van der Waals surface area (Å²) in [4.78, 5) is 11.8. The molecule has 0 radical (unpaired) electrons. The zero-order valence-electron chi connectivity index (χ0n) is 13.7. The van der Waals surface area contributed by atoms with Gasteiger partial charge in [-0.25, -0.2) is 8.42 Å². The SMILES string of the molecule is CN(CC(=O)Nc1ccccc1C(F)(F)F)S(=O)(=O)c1cc(Cl)ccc1Cl. The first kappa shape index (κ1) is 21.5. The fourth-order valence-electron chi connectivity index (χ4n) is 2.16. The first-order valence-electron chi connectivity index (χ1n) is 7.30. The number of carbonyl (C=O) groups excluding carboxylic acids is 1. The topological polar surface area (TPSA) is 66.5 Å². The van der Waals surface area contributed by atoms with Crippen molar-refractivity contribution in [2.24, 2.45) is 0 Å². The third-order valence-corrected chi connectivity index (χ3v) is 5.97. The second-order valence-electron chi connectivity index (χ2n) is 5.43. The van der Waals surface area contributed by atoms with E-state index < -0.39 is 39.9 Å². The van der Waals surface area contributed by atoms with Gasteiger partial charge in [0, 0.05) is 12.1 Å². The van der Waals surface area contributed by atoms with Crippen molar-refractivity contribution in [3.8, 4) is 0 Å². The van der Waals surface area contributed by atoms with E-state index in [2.05, 4.69) is 5.32 Å². The van der Waals surface area contributed by atoms with Crippen molar-refractivity contribution in [1.82, 2.24) is 4.31 Å². The van der Waals surface area contributed by atoms with Crippen molar-refractivity contribution < 1.29 is 26.4 Å². The molecule has 1 amide bonds. The lowest BCUT2D eigenvalue weighted by molar-refractivity contribution is -0.137. The van der Waals surface area contributed by atoms with E-state index in [1.165, 1.54) is 24.3 Å². The molecule has 0 aliphatic heterocycles. The molecule has 0 spiro atoms. The van der Waals surface area contributed by atoms with Crippen LogP contribution in [0.2, 0.25) is 10.0 Å². The van der Waals surface area contributed by atoms with Gasteiger partial charge >= 0.3 is 6.18 Å². The Bertz CT molecular complexity index is 966. The van der Waals surface area contributed by atoms with E-state index in [1.54, 1.807) is 0 Å². The predicted octanol–water partition coefficient (Wildman–Crippen LogP) is 4.27. The van der Waals surface area contributed by atoms with Crippen molar-refractivity contribution in [2.75, 3.05) is 18.9 Å². The third kappa shape index (κ3) is 5.13. The number of amides is 1. The van der Waals surface area contributed by atoms with Gasteiger partial charge in [-0.05, 0) is 30.3 Å². The number of para-hydroxylation sites is 1. The highest BCUT2D eigenvalue weighted by Gasteiger charge is 2.34. The van der Waals surface area contributed by atoms with Crippen LogP contribution in [0.4, 0.5) is 18.9 Å². The van der Waals surface area contributed by atoms with Gasteiger partial charge in [0.1, 0.15) is 4.90 Å². The molecule has 0 fully saturated rings. The average molecular weight is 441 g/mol. The van der Waals surface area contributed by atoms with E-state index in [9.17, 15) is 26.4 Å². The van der Waals surface area contributed by atoms with Crippen LogP contribution in [0.3, 0.4) is 0 Å². The highest BCUT2D eigenvalue weighted by Crippen LogP contribution is 2.34. The number of rotatable bonds is 5. The summed E-state index contributed by atoms with van der Waals surface area (Å²) in [6, 6.07) is 8.17. The second kappa shape index (κ2) is 8.05. The Balaban J connectivity index is 2.20. The molecule has 0 heterocycles. The van der Waals surface area contributed by atoms with Crippen LogP contribution in [0.15, 0.2) is 47.4 Å². The molecule has 0 unspecified atom stereocenters. The van der Waals surface area contributed by atoms with Crippen LogP contribution in [0.1, 0.15) is 5.56 Å². The zero-order valence-corrected chi connectivity index (χ0v) is 16.0. The van der Waals surface area contributed by atoms with Crippen LogP contribution in [0.25, 0.3) is 0 Å². The summed E-state index contributed by atoms with van der Waals surface area (Å²) in [5.41, 5.74) is -1.51. The summed E-state index contributed by atoms with van der Waals surface area (Å²) in [6.45, 7) is -0.725. The Labute approximate surface area is 163 Å². The van der Waals surface area contributed by atoms with E-state index in [0.717, 1.165) is 25.2 Å². The number of nitrogens with zero attached hydrogens (tertiary/aromatic N) is 1. The zero-order chi connectivity index (χ0) is 20.4. The number of benzene rings is 2. The van der Waals surface area contributed by atoms with E-state index in [1.807, 2.05) is 0 Å². The van der Waals surface area contributed by atoms with Crippen molar-refractivity contribution in [1.29, 1.82) is 0 Å². The Kier molecular flexibility index (Phi) is 6.41. The summed E-state index contributed by atoms with van der Waals surface area (Å²) in [6.07, 6.45) is -4.67. The number of hydrogen-bond donors (Lipinski definition) is 1. The highest BCUT2D eigenvalue weighted by atomic mass is 35.5. The van der Waals surface area contributed by atoms with Crippen molar-refractivity contribution in [2.45, 2.75) is 11.1 Å². The number of anilines is 1. The standard InChI is InChI=1S/C16H13Cl2F3N2O3S/c1-23(27(25,26)14-8-10(17)6-7-12(14)18)9-15(24)22-13-5-3-2-4-11(13)16(19,20)21/h2-8H,9H2,1H3,(H,22,24). The van der Waals surface area contributed by atoms with Gasteiger partial charge in [0.15, 0.2) is 0 Å². The molecule has 2 aromatic carbocycles. The Morgan fingerprint density at radius 2 is 1.78 bits per heavy atom. The van der Waals surface area contributed by atoms with Crippen LogP contribution in [0.5, 0.6) is 0 Å². The Hall–Kier alpha value is -1.81. The minimum Gasteiger partial charge on any atom is -0.324 e. The maximum atomic E-state index is 13.0. The summed E-state index contributed by atoms with van der Waals surface area (Å²) in [5.74, 6) is -0.948. The molecule has 0 saturated heterocycles. The number of nitrogens with one attached hydrogen (secondary N) is 1. The molecule has 5 nitrogen and oxygen atoms in total. The second-order valence-corrected chi connectivity index (χ2v) is 8.28. The van der Waals surface area contributed by atoms with E-state index in [-0.39, 0.29) is 14.9 Å². The van der Waals surface area contributed by atoms with Crippen molar-refractivity contribution in [3.63, 3.8) is 0 Å². The third-order valence-electron chi connectivity index (χ3n) is 3.45. The maximum Gasteiger partial charge on any atom is 0.418 e. The Morgan fingerprint density at radius 3 is 2.41 bits per heavy atom. The number of sulfonamides is 1. The van der Waals surface area contributed by atoms with Gasteiger partial charge < -0.3 is 5.32 Å². The largest absolute Gasteiger partial charge is 0.418 e. The highest BCUT2D eigenvalue weighted by molar-refractivity contribution is 7.89. The molecule has 0 aromatic heterocycles. The molecule has 0 aliphatic rings. The monoisotopic (exact) mass is 440 g/mol. The fraction of sp³-hybridized carbons (Fsp3) is 0.188. The van der Waals surface area contributed by atoms with Gasteiger partial charge in [-0.1, -0.05) is 35.3 Å². The number of likely N-dealkylation sites (N-methyl/N-ethyl adjacent to an activating group) is 1. The van der Waals surface area contributed by atoms with Gasteiger partial charge in [0.25, 0.3) is 0 Å². The molecule has 0 aliphatic carbocycles. The maximum absolute atomic E-state index is 13.0. The lowest BCUT2D eigenvalue weighted by Gasteiger charge is -2.19. The molecule has 0 saturated carbocycles. The van der Waals surface area contributed by atoms with Gasteiger partial charge in [0.05, 0.1) is 22.8 Å². The molecule has 2 rings (SSSR count). The molecular weight excluding hydrogens is 428 g/mol.